The molecular formula is C22H19N5O2. The van der Waals surface area contributed by atoms with Gasteiger partial charge in [0.15, 0.2) is 0 Å². The van der Waals surface area contributed by atoms with Crippen molar-refractivity contribution in [3.8, 4) is 28.3 Å². The van der Waals surface area contributed by atoms with Crippen LogP contribution in [0.15, 0.2) is 72.8 Å². The molecule has 0 saturated heterocycles. The average molecular weight is 385 g/mol. The number of rotatable bonds is 7. The summed E-state index contributed by atoms with van der Waals surface area (Å²) in [6.45, 7) is 0.417. The van der Waals surface area contributed by atoms with Gasteiger partial charge in [0.2, 0.25) is 5.82 Å². The predicted octanol–water partition coefficient (Wildman–Crippen LogP) is 3.25. The molecule has 4 aromatic rings. The fourth-order valence-corrected chi connectivity index (χ4v) is 3.13. The smallest absolute Gasteiger partial charge is 0.252 e. The molecule has 7 nitrogen and oxygen atoms in total. The van der Waals surface area contributed by atoms with Gasteiger partial charge < -0.3 is 10.5 Å². The number of H-pyrrole nitrogens is 1. The lowest BCUT2D eigenvalue weighted by molar-refractivity contribution is 0.0996. The van der Waals surface area contributed by atoms with Crippen molar-refractivity contribution in [3.63, 3.8) is 0 Å². The van der Waals surface area contributed by atoms with Gasteiger partial charge in [-0.1, -0.05) is 60.7 Å². The number of carbonyl (C=O) groups is 1. The normalized spacial score (nSPS) is 10.6. The molecule has 0 aliphatic carbocycles. The van der Waals surface area contributed by atoms with Crippen molar-refractivity contribution in [2.75, 3.05) is 6.61 Å². The van der Waals surface area contributed by atoms with Gasteiger partial charge in [-0.05, 0) is 34.0 Å². The second kappa shape index (κ2) is 8.35. The summed E-state index contributed by atoms with van der Waals surface area (Å²) in [5, 5.41) is 14.2. The number of hydrogen-bond donors (Lipinski definition) is 2. The van der Waals surface area contributed by atoms with Crippen LogP contribution in [-0.2, 0) is 6.42 Å². The second-order valence-electron chi connectivity index (χ2n) is 6.44. The van der Waals surface area contributed by atoms with Gasteiger partial charge in [-0.3, -0.25) is 4.79 Å². The van der Waals surface area contributed by atoms with Gasteiger partial charge in [0, 0.05) is 12.0 Å². The third-order valence-corrected chi connectivity index (χ3v) is 4.55. The molecule has 0 fully saturated rings. The van der Waals surface area contributed by atoms with Gasteiger partial charge in [0.1, 0.15) is 5.75 Å². The second-order valence-corrected chi connectivity index (χ2v) is 6.44. The number of tetrazole rings is 1. The number of amides is 1. The van der Waals surface area contributed by atoms with E-state index in [2.05, 4.69) is 20.6 Å². The van der Waals surface area contributed by atoms with Crippen molar-refractivity contribution in [1.29, 1.82) is 0 Å². The number of carbonyl (C=O) groups excluding carboxylic acids is 1. The van der Waals surface area contributed by atoms with E-state index in [1.54, 1.807) is 6.07 Å². The zero-order valence-corrected chi connectivity index (χ0v) is 15.6. The van der Waals surface area contributed by atoms with Crippen LogP contribution in [-0.4, -0.2) is 33.1 Å². The van der Waals surface area contributed by atoms with Crippen molar-refractivity contribution >= 4 is 5.91 Å². The van der Waals surface area contributed by atoms with Crippen LogP contribution in [0.2, 0.25) is 0 Å². The number of benzene rings is 3. The van der Waals surface area contributed by atoms with E-state index in [0.29, 0.717) is 30.2 Å². The van der Waals surface area contributed by atoms with Gasteiger partial charge in [0.25, 0.3) is 5.91 Å². The highest BCUT2D eigenvalue weighted by Crippen LogP contribution is 2.35. The summed E-state index contributed by atoms with van der Waals surface area (Å²) in [4.78, 5) is 12.1. The zero-order valence-electron chi connectivity index (χ0n) is 15.6. The lowest BCUT2D eigenvalue weighted by Gasteiger charge is -2.15. The summed E-state index contributed by atoms with van der Waals surface area (Å²) in [5.74, 6) is 0.228. The Morgan fingerprint density at radius 3 is 2.34 bits per heavy atom. The number of primary amides is 1. The van der Waals surface area contributed by atoms with E-state index in [9.17, 15) is 4.79 Å². The van der Waals surface area contributed by atoms with Crippen LogP contribution >= 0.6 is 0 Å². The molecule has 1 amide bonds. The van der Waals surface area contributed by atoms with Crippen LogP contribution in [0.25, 0.3) is 22.5 Å². The summed E-state index contributed by atoms with van der Waals surface area (Å²) in [5.41, 5.74) is 9.47. The molecule has 3 aromatic carbocycles. The molecular weight excluding hydrogens is 366 g/mol. The third kappa shape index (κ3) is 4.14. The molecule has 1 aromatic heterocycles. The average Bonchev–Trinajstić information content (AvgIpc) is 3.29. The van der Waals surface area contributed by atoms with Crippen LogP contribution in [0, 0.1) is 0 Å². The molecule has 29 heavy (non-hydrogen) atoms. The van der Waals surface area contributed by atoms with E-state index in [-0.39, 0.29) is 5.56 Å². The van der Waals surface area contributed by atoms with Crippen molar-refractivity contribution < 1.29 is 9.53 Å². The first kappa shape index (κ1) is 18.4. The molecule has 144 valence electrons. The van der Waals surface area contributed by atoms with Crippen molar-refractivity contribution in [3.05, 3.63) is 83.9 Å². The van der Waals surface area contributed by atoms with Crippen LogP contribution in [0.5, 0.6) is 5.75 Å². The lowest BCUT2D eigenvalue weighted by Crippen LogP contribution is -2.14. The minimum Gasteiger partial charge on any atom is -0.492 e. The van der Waals surface area contributed by atoms with Crippen LogP contribution < -0.4 is 10.5 Å². The molecule has 3 N–H and O–H groups in total. The number of aromatic nitrogens is 4. The number of nitrogens with zero attached hydrogens (tertiary/aromatic N) is 3. The molecule has 0 saturated carbocycles. The Morgan fingerprint density at radius 1 is 0.966 bits per heavy atom. The number of nitrogens with two attached hydrogens (primary N) is 1. The third-order valence-electron chi connectivity index (χ3n) is 4.55. The molecule has 0 bridgehead atoms. The van der Waals surface area contributed by atoms with E-state index in [1.807, 2.05) is 66.7 Å². The lowest BCUT2D eigenvalue weighted by atomic mass is 9.96. The largest absolute Gasteiger partial charge is 0.492 e. The molecule has 0 aliphatic rings. The van der Waals surface area contributed by atoms with Gasteiger partial charge in [0.05, 0.1) is 12.2 Å². The monoisotopic (exact) mass is 385 g/mol. The fraction of sp³-hybridized carbons (Fsp3) is 0.0909. The SMILES string of the molecule is NC(=O)c1cc(-c2nn[nH]n2)c(-c2ccccc2)cc1OCCc1ccccc1. The van der Waals surface area contributed by atoms with E-state index >= 15 is 0 Å². The maximum atomic E-state index is 12.1. The Balaban J connectivity index is 1.73. The maximum absolute atomic E-state index is 12.1. The number of hydrogen-bond acceptors (Lipinski definition) is 5. The Labute approximate surface area is 167 Å². The summed E-state index contributed by atoms with van der Waals surface area (Å²) in [7, 11) is 0. The molecule has 0 unspecified atom stereocenters. The van der Waals surface area contributed by atoms with Gasteiger partial charge in [-0.25, -0.2) is 0 Å². The maximum Gasteiger partial charge on any atom is 0.252 e. The van der Waals surface area contributed by atoms with Crippen LogP contribution in [0.3, 0.4) is 0 Å². The minimum absolute atomic E-state index is 0.276. The minimum atomic E-state index is -0.580. The van der Waals surface area contributed by atoms with Gasteiger partial charge in [-0.15, -0.1) is 10.2 Å². The molecule has 4 rings (SSSR count). The first-order valence-corrected chi connectivity index (χ1v) is 9.16. The van der Waals surface area contributed by atoms with Gasteiger partial charge in [-0.2, -0.15) is 5.21 Å². The Morgan fingerprint density at radius 2 is 1.69 bits per heavy atom. The van der Waals surface area contributed by atoms with Crippen molar-refractivity contribution in [2.24, 2.45) is 5.73 Å². The molecule has 0 aliphatic heterocycles. The molecule has 0 atom stereocenters. The van der Waals surface area contributed by atoms with Crippen molar-refractivity contribution in [2.45, 2.75) is 6.42 Å². The van der Waals surface area contributed by atoms with Crippen LogP contribution in [0.1, 0.15) is 15.9 Å². The fourth-order valence-electron chi connectivity index (χ4n) is 3.13. The predicted molar refractivity (Wildman–Crippen MR) is 109 cm³/mol. The van der Waals surface area contributed by atoms with Crippen molar-refractivity contribution in [1.82, 2.24) is 20.6 Å². The highest BCUT2D eigenvalue weighted by molar-refractivity contribution is 5.99. The Hall–Kier alpha value is -4.00. The first-order valence-electron chi connectivity index (χ1n) is 9.16. The van der Waals surface area contributed by atoms with E-state index < -0.39 is 5.91 Å². The number of ether oxygens (including phenoxy) is 1. The highest BCUT2D eigenvalue weighted by atomic mass is 16.5. The number of nitrogens with one attached hydrogen (secondary N) is 1. The summed E-state index contributed by atoms with van der Waals surface area (Å²) in [6, 6.07) is 23.2. The highest BCUT2D eigenvalue weighted by Gasteiger charge is 2.19. The molecule has 0 radical (unpaired) electrons. The zero-order chi connectivity index (χ0) is 20.1. The topological polar surface area (TPSA) is 107 Å². The first-order chi connectivity index (χ1) is 14.2. The summed E-state index contributed by atoms with van der Waals surface area (Å²) < 4.78 is 5.97. The van der Waals surface area contributed by atoms with E-state index in [1.165, 1.54) is 0 Å². The number of aromatic amines is 1. The van der Waals surface area contributed by atoms with E-state index in [4.69, 9.17) is 10.5 Å². The summed E-state index contributed by atoms with van der Waals surface area (Å²) in [6.07, 6.45) is 0.715. The standard InChI is InChI=1S/C22H19N5O2/c23-21(28)19-13-18(22-24-26-27-25-22)17(16-9-5-2-6-10-16)14-20(19)29-12-11-15-7-3-1-4-8-15/h1-10,13-14H,11-12H2,(H2,23,28)(H,24,25,26,27). The van der Waals surface area contributed by atoms with Gasteiger partial charge >= 0.3 is 0 Å². The Bertz CT molecular complexity index is 1100. The Kier molecular flexibility index (Phi) is 5.29. The quantitative estimate of drug-likeness (QED) is 0.508. The molecule has 0 spiro atoms. The molecule has 1 heterocycles. The summed E-state index contributed by atoms with van der Waals surface area (Å²) >= 11 is 0. The molecule has 7 heteroatoms. The van der Waals surface area contributed by atoms with E-state index in [0.717, 1.165) is 16.7 Å². The van der Waals surface area contributed by atoms with Crippen LogP contribution in [0.4, 0.5) is 0 Å².